The molecule has 8 nitrogen and oxygen atoms in total. The van der Waals surface area contributed by atoms with Crippen LogP contribution in [0.1, 0.15) is 16.1 Å². The third-order valence-corrected chi connectivity index (χ3v) is 3.53. The van der Waals surface area contributed by atoms with Gasteiger partial charge in [-0.1, -0.05) is 30.3 Å². The molecule has 1 unspecified atom stereocenters. The first kappa shape index (κ1) is 17.8. The van der Waals surface area contributed by atoms with E-state index in [4.69, 9.17) is 16.5 Å². The third-order valence-electron chi connectivity index (χ3n) is 3.53. The van der Waals surface area contributed by atoms with Crippen LogP contribution in [0.25, 0.3) is 0 Å². The minimum absolute atomic E-state index is 0.166. The molecule has 0 fully saturated rings. The van der Waals surface area contributed by atoms with Crippen molar-refractivity contribution in [2.45, 2.75) is 25.0 Å². The molecule has 2 atom stereocenters. The lowest BCUT2D eigenvalue weighted by atomic mass is 10.1. The lowest BCUT2D eigenvalue weighted by Gasteiger charge is -2.13. The first-order chi connectivity index (χ1) is 11.5. The van der Waals surface area contributed by atoms with Gasteiger partial charge in [0.25, 0.3) is 5.91 Å². The molecule has 24 heavy (non-hydrogen) atoms. The fourth-order valence-electron chi connectivity index (χ4n) is 2.24. The predicted molar refractivity (Wildman–Crippen MR) is 85.8 cm³/mol. The molecule has 0 radical (unpaired) electrons. The Kier molecular flexibility index (Phi) is 6.19. The number of methoxy groups -OCH3 is 1. The SMILES string of the molecule is COC(=O)[C@@H](N)Cc1cn(C(=O)C(Cc2ccccc2)ON)cn1. The van der Waals surface area contributed by atoms with E-state index in [1.807, 2.05) is 30.3 Å². The van der Waals surface area contributed by atoms with Gasteiger partial charge in [-0.05, 0) is 5.56 Å². The predicted octanol–water partition coefficient (Wildman–Crippen LogP) is 0.0677. The number of ether oxygens (including phenoxy) is 1. The van der Waals surface area contributed by atoms with Gasteiger partial charge in [-0.25, -0.2) is 10.9 Å². The first-order valence-electron chi connectivity index (χ1n) is 7.35. The number of nitrogens with two attached hydrogens (primary N) is 2. The van der Waals surface area contributed by atoms with Gasteiger partial charge < -0.3 is 10.5 Å². The van der Waals surface area contributed by atoms with Crippen LogP contribution >= 0.6 is 0 Å². The summed E-state index contributed by atoms with van der Waals surface area (Å²) in [4.78, 5) is 32.7. The van der Waals surface area contributed by atoms with Gasteiger partial charge in [0.1, 0.15) is 12.4 Å². The molecule has 0 spiro atoms. The first-order valence-corrected chi connectivity index (χ1v) is 7.35. The highest BCUT2D eigenvalue weighted by molar-refractivity contribution is 5.83. The van der Waals surface area contributed by atoms with Crippen molar-refractivity contribution in [1.29, 1.82) is 0 Å². The van der Waals surface area contributed by atoms with Crippen LogP contribution in [0.5, 0.6) is 0 Å². The Hall–Kier alpha value is -2.55. The summed E-state index contributed by atoms with van der Waals surface area (Å²) in [5, 5.41) is 0. The second kappa shape index (κ2) is 8.34. The maximum atomic E-state index is 12.5. The fraction of sp³-hybridized carbons (Fsp3) is 0.312. The van der Waals surface area contributed by atoms with E-state index in [1.54, 1.807) is 0 Å². The number of carbonyl (C=O) groups is 2. The normalized spacial score (nSPS) is 13.3. The number of aromatic nitrogens is 2. The van der Waals surface area contributed by atoms with Crippen molar-refractivity contribution in [3.8, 4) is 0 Å². The Labute approximate surface area is 139 Å². The zero-order valence-electron chi connectivity index (χ0n) is 13.3. The van der Waals surface area contributed by atoms with Gasteiger partial charge in [0.15, 0.2) is 6.10 Å². The molecular formula is C16H20N4O4. The molecule has 1 heterocycles. The highest BCUT2D eigenvalue weighted by Gasteiger charge is 2.22. The molecule has 4 N–H and O–H groups in total. The largest absolute Gasteiger partial charge is 0.468 e. The molecule has 0 amide bonds. The van der Waals surface area contributed by atoms with Crippen molar-refractivity contribution in [3.05, 3.63) is 54.1 Å². The molecule has 1 aromatic heterocycles. The Balaban J connectivity index is 2.04. The molecule has 0 aliphatic carbocycles. The van der Waals surface area contributed by atoms with Crippen molar-refractivity contribution in [1.82, 2.24) is 9.55 Å². The van der Waals surface area contributed by atoms with E-state index in [1.165, 1.54) is 24.2 Å². The van der Waals surface area contributed by atoms with Crippen LogP contribution in [0.4, 0.5) is 0 Å². The highest BCUT2D eigenvalue weighted by atomic mass is 16.6. The monoisotopic (exact) mass is 332 g/mol. The molecule has 0 aliphatic heterocycles. The molecule has 2 rings (SSSR count). The molecule has 0 bridgehead atoms. The third kappa shape index (κ3) is 4.48. The number of hydrogen-bond donors (Lipinski definition) is 2. The van der Waals surface area contributed by atoms with Crippen LogP contribution in [0.3, 0.4) is 0 Å². The van der Waals surface area contributed by atoms with Gasteiger partial charge >= 0.3 is 5.97 Å². The van der Waals surface area contributed by atoms with Crippen molar-refractivity contribution in [2.75, 3.05) is 7.11 Å². The van der Waals surface area contributed by atoms with Gasteiger partial charge in [0.05, 0.1) is 12.8 Å². The minimum atomic E-state index is -0.844. The van der Waals surface area contributed by atoms with Crippen molar-refractivity contribution < 1.29 is 19.2 Å². The van der Waals surface area contributed by atoms with Gasteiger partial charge in [0, 0.05) is 19.0 Å². The Morgan fingerprint density at radius 3 is 2.58 bits per heavy atom. The van der Waals surface area contributed by atoms with Gasteiger partial charge in [0.2, 0.25) is 0 Å². The standard InChI is InChI=1S/C16H20N4O4/c1-23-16(22)13(17)8-12-9-20(10-19-12)15(21)14(24-18)7-11-5-3-2-4-6-11/h2-6,9-10,13-14H,7-8,17-18H2,1H3/t13-,14?/m0/s1. The zero-order valence-corrected chi connectivity index (χ0v) is 13.3. The molecular weight excluding hydrogens is 312 g/mol. The van der Waals surface area contributed by atoms with Crippen molar-refractivity contribution >= 4 is 11.9 Å². The van der Waals surface area contributed by atoms with Gasteiger partial charge in [-0.2, -0.15) is 0 Å². The molecule has 1 aromatic carbocycles. The summed E-state index contributed by atoms with van der Waals surface area (Å²) in [6, 6.07) is 8.56. The molecule has 8 heteroatoms. The Morgan fingerprint density at radius 2 is 1.96 bits per heavy atom. The number of rotatable bonds is 7. The fourth-order valence-corrected chi connectivity index (χ4v) is 2.24. The number of hydrogen-bond acceptors (Lipinski definition) is 7. The molecule has 0 saturated heterocycles. The minimum Gasteiger partial charge on any atom is -0.468 e. The Morgan fingerprint density at radius 1 is 1.25 bits per heavy atom. The lowest BCUT2D eigenvalue weighted by molar-refractivity contribution is -0.142. The quantitative estimate of drug-likeness (QED) is 0.543. The van der Waals surface area contributed by atoms with Crippen molar-refractivity contribution in [2.24, 2.45) is 11.6 Å². The van der Waals surface area contributed by atoms with Gasteiger partial charge in [-0.3, -0.25) is 19.0 Å². The number of benzene rings is 1. The molecule has 128 valence electrons. The van der Waals surface area contributed by atoms with Crippen LogP contribution in [0, 0.1) is 0 Å². The van der Waals surface area contributed by atoms with Crippen LogP contribution in [-0.2, 0) is 27.2 Å². The molecule has 2 aromatic rings. The Bertz CT molecular complexity index is 686. The van der Waals surface area contributed by atoms with E-state index in [9.17, 15) is 9.59 Å². The number of esters is 1. The van der Waals surface area contributed by atoms with Crippen LogP contribution in [0.2, 0.25) is 0 Å². The van der Waals surface area contributed by atoms with Crippen LogP contribution in [-0.4, -0.2) is 40.7 Å². The topological polar surface area (TPSA) is 122 Å². The number of nitrogens with zero attached hydrogens (tertiary/aromatic N) is 2. The lowest BCUT2D eigenvalue weighted by Crippen LogP contribution is -2.34. The number of carbonyl (C=O) groups excluding carboxylic acids is 2. The second-order valence-corrected chi connectivity index (χ2v) is 5.26. The second-order valence-electron chi connectivity index (χ2n) is 5.26. The summed E-state index contributed by atoms with van der Waals surface area (Å²) in [6.45, 7) is 0. The van der Waals surface area contributed by atoms with Crippen molar-refractivity contribution in [3.63, 3.8) is 0 Å². The summed E-state index contributed by atoms with van der Waals surface area (Å²) < 4.78 is 5.84. The summed E-state index contributed by atoms with van der Waals surface area (Å²) >= 11 is 0. The van der Waals surface area contributed by atoms with E-state index in [0.29, 0.717) is 12.1 Å². The maximum Gasteiger partial charge on any atom is 0.323 e. The van der Waals surface area contributed by atoms with Crippen LogP contribution < -0.4 is 11.6 Å². The van der Waals surface area contributed by atoms with E-state index in [-0.39, 0.29) is 12.3 Å². The van der Waals surface area contributed by atoms with Crippen LogP contribution in [0.15, 0.2) is 42.9 Å². The zero-order chi connectivity index (χ0) is 17.5. The summed E-state index contributed by atoms with van der Waals surface area (Å²) in [5.74, 6) is 4.37. The number of imidazole rings is 1. The average Bonchev–Trinajstić information content (AvgIpc) is 3.07. The average molecular weight is 332 g/mol. The molecule has 0 aliphatic rings. The smallest absolute Gasteiger partial charge is 0.323 e. The molecule has 0 saturated carbocycles. The van der Waals surface area contributed by atoms with E-state index in [2.05, 4.69) is 9.72 Å². The summed E-state index contributed by atoms with van der Waals surface area (Å²) in [7, 11) is 1.26. The highest BCUT2D eigenvalue weighted by Crippen LogP contribution is 2.09. The summed E-state index contributed by atoms with van der Waals surface area (Å²) in [6.07, 6.45) is 2.51. The van der Waals surface area contributed by atoms with E-state index in [0.717, 1.165) is 5.56 Å². The van der Waals surface area contributed by atoms with E-state index < -0.39 is 18.1 Å². The maximum absolute atomic E-state index is 12.5. The summed E-state index contributed by atoms with van der Waals surface area (Å²) in [5.41, 5.74) is 7.10. The van der Waals surface area contributed by atoms with E-state index >= 15 is 0 Å². The van der Waals surface area contributed by atoms with Gasteiger partial charge in [-0.15, -0.1) is 0 Å².